The first-order chi connectivity index (χ1) is 7.31. The van der Waals surface area contributed by atoms with Gasteiger partial charge in [0.25, 0.3) is 5.56 Å². The molecule has 0 bridgehead atoms. The Labute approximate surface area is 88.7 Å². The fraction of sp³-hybridized carbons (Fsp3) is 0.600. The van der Waals surface area contributed by atoms with Crippen LogP contribution < -0.4 is 10.5 Å². The lowest BCUT2D eigenvalue weighted by atomic mass is 10.3. The van der Waals surface area contributed by atoms with Gasteiger partial charge in [0.15, 0.2) is 5.82 Å². The average Bonchev–Trinajstić information content (AvgIpc) is 2.30. The van der Waals surface area contributed by atoms with E-state index in [1.165, 1.54) is 0 Å². The molecule has 1 fully saturated rings. The Morgan fingerprint density at radius 2 is 2.13 bits per heavy atom. The lowest BCUT2D eigenvalue weighted by Crippen LogP contribution is -2.48. The quantitative estimate of drug-likeness (QED) is 0.738. The SMILES string of the molecule is CCN1CCN(c2ncc[nH]c2=O)CC1. The highest BCUT2D eigenvalue weighted by Crippen LogP contribution is 2.07. The van der Waals surface area contributed by atoms with Crippen molar-refractivity contribution in [2.45, 2.75) is 6.92 Å². The largest absolute Gasteiger partial charge is 0.349 e. The number of nitrogens with one attached hydrogen (secondary N) is 1. The monoisotopic (exact) mass is 208 g/mol. The minimum absolute atomic E-state index is 0.0950. The summed E-state index contributed by atoms with van der Waals surface area (Å²) in [4.78, 5) is 22.7. The molecule has 0 atom stereocenters. The molecule has 1 aliphatic heterocycles. The Bertz CT molecular complexity index is 368. The molecule has 0 unspecified atom stereocenters. The van der Waals surface area contributed by atoms with Gasteiger partial charge in [-0.1, -0.05) is 6.92 Å². The van der Waals surface area contributed by atoms with Crippen molar-refractivity contribution < 1.29 is 0 Å². The molecule has 0 saturated carbocycles. The molecule has 5 heteroatoms. The fourth-order valence-electron chi connectivity index (χ4n) is 1.85. The van der Waals surface area contributed by atoms with Crippen LogP contribution in [0.1, 0.15) is 6.92 Å². The molecule has 2 heterocycles. The number of hydrogen-bond acceptors (Lipinski definition) is 4. The average molecular weight is 208 g/mol. The van der Waals surface area contributed by atoms with Gasteiger partial charge in [0.1, 0.15) is 0 Å². The fourth-order valence-corrected chi connectivity index (χ4v) is 1.85. The van der Waals surface area contributed by atoms with Crippen LogP contribution >= 0.6 is 0 Å². The van der Waals surface area contributed by atoms with Gasteiger partial charge in [0, 0.05) is 38.6 Å². The van der Waals surface area contributed by atoms with Gasteiger partial charge in [0.05, 0.1) is 0 Å². The Balaban J connectivity index is 2.08. The lowest BCUT2D eigenvalue weighted by molar-refractivity contribution is 0.270. The van der Waals surface area contributed by atoms with Gasteiger partial charge in [0.2, 0.25) is 0 Å². The summed E-state index contributed by atoms with van der Waals surface area (Å²) in [5.74, 6) is 0.549. The van der Waals surface area contributed by atoms with Crippen LogP contribution in [0.5, 0.6) is 0 Å². The summed E-state index contributed by atoms with van der Waals surface area (Å²) >= 11 is 0. The lowest BCUT2D eigenvalue weighted by Gasteiger charge is -2.34. The second-order valence-corrected chi connectivity index (χ2v) is 3.66. The van der Waals surface area contributed by atoms with Gasteiger partial charge < -0.3 is 14.8 Å². The minimum atomic E-state index is -0.0950. The highest BCUT2D eigenvalue weighted by Gasteiger charge is 2.18. The normalized spacial score (nSPS) is 18.1. The molecule has 2 rings (SSSR count). The summed E-state index contributed by atoms with van der Waals surface area (Å²) in [5.41, 5.74) is -0.0950. The molecular weight excluding hydrogens is 192 g/mol. The second kappa shape index (κ2) is 4.44. The zero-order chi connectivity index (χ0) is 10.7. The first-order valence-electron chi connectivity index (χ1n) is 5.32. The van der Waals surface area contributed by atoms with Crippen LogP contribution in [0.25, 0.3) is 0 Å². The molecule has 1 N–H and O–H groups in total. The van der Waals surface area contributed by atoms with E-state index in [0.29, 0.717) is 5.82 Å². The molecule has 15 heavy (non-hydrogen) atoms. The molecule has 0 aromatic carbocycles. The molecular formula is C10H16N4O. The predicted octanol–water partition coefficient (Wildman–Crippen LogP) is -0.0882. The Kier molecular flexibility index (Phi) is 3.01. The van der Waals surface area contributed by atoms with Crippen molar-refractivity contribution in [2.75, 3.05) is 37.6 Å². The molecule has 82 valence electrons. The standard InChI is InChI=1S/C10H16N4O/c1-2-13-5-7-14(8-6-13)9-10(15)12-4-3-11-9/h3-4H,2,5-8H2,1H3,(H,12,15). The van der Waals surface area contributed by atoms with Crippen LogP contribution in [0, 0.1) is 0 Å². The van der Waals surface area contributed by atoms with Gasteiger partial charge in [-0.2, -0.15) is 0 Å². The third kappa shape index (κ3) is 2.18. The zero-order valence-corrected chi connectivity index (χ0v) is 8.94. The smallest absolute Gasteiger partial charge is 0.290 e. The number of likely N-dealkylation sites (N-methyl/N-ethyl adjacent to an activating group) is 1. The van der Waals surface area contributed by atoms with Crippen LogP contribution in [0.2, 0.25) is 0 Å². The first-order valence-corrected chi connectivity index (χ1v) is 5.32. The second-order valence-electron chi connectivity index (χ2n) is 3.66. The number of rotatable bonds is 2. The molecule has 0 amide bonds. The highest BCUT2D eigenvalue weighted by atomic mass is 16.1. The molecule has 0 spiro atoms. The maximum atomic E-state index is 11.5. The molecule has 1 aliphatic rings. The van der Waals surface area contributed by atoms with Crippen molar-refractivity contribution in [2.24, 2.45) is 0 Å². The maximum absolute atomic E-state index is 11.5. The third-order valence-electron chi connectivity index (χ3n) is 2.81. The number of nitrogens with zero attached hydrogens (tertiary/aromatic N) is 3. The Hall–Kier alpha value is -1.36. The van der Waals surface area contributed by atoms with Crippen molar-refractivity contribution in [3.63, 3.8) is 0 Å². The van der Waals surface area contributed by atoms with Crippen molar-refractivity contribution >= 4 is 5.82 Å². The molecule has 1 saturated heterocycles. The predicted molar refractivity (Wildman–Crippen MR) is 59.2 cm³/mol. The van der Waals surface area contributed by atoms with Gasteiger partial charge in [-0.25, -0.2) is 4.98 Å². The Morgan fingerprint density at radius 1 is 1.40 bits per heavy atom. The summed E-state index contributed by atoms with van der Waals surface area (Å²) in [6, 6.07) is 0. The number of hydrogen-bond donors (Lipinski definition) is 1. The van der Waals surface area contributed by atoms with Crippen molar-refractivity contribution in [3.05, 3.63) is 22.7 Å². The maximum Gasteiger partial charge on any atom is 0.290 e. The topological polar surface area (TPSA) is 52.2 Å². The summed E-state index contributed by atoms with van der Waals surface area (Å²) < 4.78 is 0. The van der Waals surface area contributed by atoms with Gasteiger partial charge in [-0.3, -0.25) is 4.79 Å². The molecule has 1 aromatic heterocycles. The van der Waals surface area contributed by atoms with Crippen LogP contribution in [-0.4, -0.2) is 47.6 Å². The van der Waals surface area contributed by atoms with Gasteiger partial charge in [-0.15, -0.1) is 0 Å². The summed E-state index contributed by atoms with van der Waals surface area (Å²) in [6.45, 7) is 7.01. The van der Waals surface area contributed by atoms with Crippen LogP contribution in [-0.2, 0) is 0 Å². The van der Waals surface area contributed by atoms with E-state index < -0.39 is 0 Å². The zero-order valence-electron chi connectivity index (χ0n) is 8.94. The van der Waals surface area contributed by atoms with E-state index in [-0.39, 0.29) is 5.56 Å². The number of aromatic nitrogens is 2. The van der Waals surface area contributed by atoms with Gasteiger partial charge >= 0.3 is 0 Å². The van der Waals surface area contributed by atoms with E-state index in [1.54, 1.807) is 12.4 Å². The number of anilines is 1. The first kappa shape index (κ1) is 10.2. The van der Waals surface area contributed by atoms with E-state index in [2.05, 4.69) is 21.8 Å². The van der Waals surface area contributed by atoms with Crippen LogP contribution in [0.4, 0.5) is 5.82 Å². The number of H-pyrrole nitrogens is 1. The summed E-state index contributed by atoms with van der Waals surface area (Å²) in [5, 5.41) is 0. The van der Waals surface area contributed by atoms with Crippen molar-refractivity contribution in [1.29, 1.82) is 0 Å². The highest BCUT2D eigenvalue weighted by molar-refractivity contribution is 5.35. The molecule has 1 aromatic rings. The van der Waals surface area contributed by atoms with E-state index >= 15 is 0 Å². The van der Waals surface area contributed by atoms with E-state index in [1.807, 2.05) is 4.90 Å². The van der Waals surface area contributed by atoms with Crippen molar-refractivity contribution in [3.8, 4) is 0 Å². The number of aromatic amines is 1. The van der Waals surface area contributed by atoms with Crippen LogP contribution in [0.15, 0.2) is 17.2 Å². The number of piperazine rings is 1. The van der Waals surface area contributed by atoms with E-state index in [0.717, 1.165) is 32.7 Å². The van der Waals surface area contributed by atoms with Crippen LogP contribution in [0.3, 0.4) is 0 Å². The van der Waals surface area contributed by atoms with E-state index in [4.69, 9.17) is 0 Å². The molecule has 0 radical (unpaired) electrons. The van der Waals surface area contributed by atoms with Gasteiger partial charge in [-0.05, 0) is 6.54 Å². The molecule has 0 aliphatic carbocycles. The summed E-state index contributed by atoms with van der Waals surface area (Å²) in [6.07, 6.45) is 3.19. The molecule has 5 nitrogen and oxygen atoms in total. The third-order valence-corrected chi connectivity index (χ3v) is 2.81. The van der Waals surface area contributed by atoms with Crippen molar-refractivity contribution in [1.82, 2.24) is 14.9 Å². The summed E-state index contributed by atoms with van der Waals surface area (Å²) in [7, 11) is 0. The Morgan fingerprint density at radius 3 is 2.73 bits per heavy atom. The minimum Gasteiger partial charge on any atom is -0.349 e. The van der Waals surface area contributed by atoms with E-state index in [9.17, 15) is 4.79 Å².